The highest BCUT2D eigenvalue weighted by atomic mass is 16.6. The van der Waals surface area contributed by atoms with Gasteiger partial charge in [-0.3, -0.25) is 10.1 Å². The molecule has 1 aliphatic carbocycles. The van der Waals surface area contributed by atoms with Gasteiger partial charge in [-0.05, 0) is 51.2 Å². The molecule has 1 aromatic rings. The van der Waals surface area contributed by atoms with Crippen LogP contribution >= 0.6 is 0 Å². The average Bonchev–Trinajstić information content (AvgIpc) is 3.18. The zero-order valence-electron chi connectivity index (χ0n) is 12.2. The van der Waals surface area contributed by atoms with E-state index in [1.54, 1.807) is 19.1 Å². The molecule has 5 nitrogen and oxygen atoms in total. The van der Waals surface area contributed by atoms with Crippen LogP contribution in [0.2, 0.25) is 0 Å². The summed E-state index contributed by atoms with van der Waals surface area (Å²) in [6.07, 6.45) is 1.73. The van der Waals surface area contributed by atoms with Gasteiger partial charge in [0.2, 0.25) is 0 Å². The smallest absolute Gasteiger partial charge is 0.292 e. The molecule has 0 bridgehead atoms. The second kappa shape index (κ2) is 5.79. The van der Waals surface area contributed by atoms with Gasteiger partial charge >= 0.3 is 0 Å². The molecule has 0 heterocycles. The molecule has 0 unspecified atom stereocenters. The summed E-state index contributed by atoms with van der Waals surface area (Å²) in [5.41, 5.74) is 1.31. The molecule has 1 fully saturated rings. The van der Waals surface area contributed by atoms with E-state index in [4.69, 9.17) is 0 Å². The maximum Gasteiger partial charge on any atom is 0.292 e. The van der Waals surface area contributed by atoms with Gasteiger partial charge in [-0.2, -0.15) is 0 Å². The molecular formula is C15H22N2O3. The predicted molar refractivity (Wildman–Crippen MR) is 78.9 cm³/mol. The Bertz CT molecular complexity index is 496. The fourth-order valence-corrected chi connectivity index (χ4v) is 2.36. The molecule has 1 N–H and O–H groups in total. The van der Waals surface area contributed by atoms with Crippen LogP contribution in [-0.2, 0) is 0 Å². The lowest BCUT2D eigenvalue weighted by molar-refractivity contribution is -0.384. The number of hydrogen-bond acceptors (Lipinski definition) is 4. The van der Waals surface area contributed by atoms with Crippen molar-refractivity contribution in [1.82, 2.24) is 0 Å². The molecule has 1 atom stereocenters. The molecule has 1 aromatic carbocycles. The molecule has 0 amide bonds. The van der Waals surface area contributed by atoms with E-state index < -0.39 is 6.10 Å². The van der Waals surface area contributed by atoms with Crippen LogP contribution in [0.3, 0.4) is 0 Å². The van der Waals surface area contributed by atoms with Crippen molar-refractivity contribution in [3.05, 3.63) is 33.9 Å². The maximum absolute atomic E-state index is 11.3. The number of anilines is 1. The Morgan fingerprint density at radius 3 is 2.50 bits per heavy atom. The molecule has 110 valence electrons. The van der Waals surface area contributed by atoms with Crippen molar-refractivity contribution < 1.29 is 10.0 Å². The topological polar surface area (TPSA) is 66.6 Å². The van der Waals surface area contributed by atoms with Crippen molar-refractivity contribution in [2.45, 2.75) is 45.8 Å². The normalized spacial score (nSPS) is 16.2. The fourth-order valence-electron chi connectivity index (χ4n) is 2.36. The average molecular weight is 278 g/mol. The van der Waals surface area contributed by atoms with E-state index in [1.807, 2.05) is 0 Å². The maximum atomic E-state index is 11.3. The van der Waals surface area contributed by atoms with Crippen molar-refractivity contribution in [3.63, 3.8) is 0 Å². The molecule has 0 aliphatic heterocycles. The summed E-state index contributed by atoms with van der Waals surface area (Å²) in [6, 6.07) is 5.24. The minimum Gasteiger partial charge on any atom is -0.389 e. The minimum absolute atomic E-state index is 0.0813. The third-order valence-corrected chi connectivity index (χ3v) is 3.76. The molecule has 1 aliphatic rings. The zero-order chi connectivity index (χ0) is 14.9. The second-order valence-electron chi connectivity index (χ2n) is 5.87. The lowest BCUT2D eigenvalue weighted by Crippen LogP contribution is -2.33. The first-order valence-electron chi connectivity index (χ1n) is 7.13. The van der Waals surface area contributed by atoms with E-state index in [0.29, 0.717) is 17.2 Å². The molecule has 0 aromatic heterocycles. The molecule has 1 saturated carbocycles. The first-order chi connectivity index (χ1) is 9.40. The quantitative estimate of drug-likeness (QED) is 0.640. The van der Waals surface area contributed by atoms with Crippen molar-refractivity contribution in [2.24, 2.45) is 5.92 Å². The number of rotatable bonds is 6. The molecular weight excluding hydrogens is 256 g/mol. The van der Waals surface area contributed by atoms with Gasteiger partial charge in [-0.25, -0.2) is 0 Å². The number of hydrogen-bond donors (Lipinski definition) is 1. The molecule has 20 heavy (non-hydrogen) atoms. The molecule has 0 radical (unpaired) electrons. The van der Waals surface area contributed by atoms with Crippen LogP contribution in [0.25, 0.3) is 0 Å². The SMILES string of the molecule is CC(C)N(CC1CC1)c1ccc([C@@H](C)O)cc1[N+](=O)[O-]. The zero-order valence-corrected chi connectivity index (χ0v) is 12.2. The summed E-state index contributed by atoms with van der Waals surface area (Å²) in [5.74, 6) is 0.661. The van der Waals surface area contributed by atoms with Crippen molar-refractivity contribution >= 4 is 11.4 Å². The highest BCUT2D eigenvalue weighted by molar-refractivity contribution is 5.65. The highest BCUT2D eigenvalue weighted by Gasteiger charge is 2.29. The van der Waals surface area contributed by atoms with Crippen LogP contribution in [-0.4, -0.2) is 22.6 Å². The lowest BCUT2D eigenvalue weighted by Gasteiger charge is -2.29. The van der Waals surface area contributed by atoms with Crippen LogP contribution in [0.5, 0.6) is 0 Å². The van der Waals surface area contributed by atoms with Gasteiger partial charge in [0.1, 0.15) is 5.69 Å². The summed E-state index contributed by atoms with van der Waals surface area (Å²) < 4.78 is 0. The summed E-state index contributed by atoms with van der Waals surface area (Å²) in [7, 11) is 0. The summed E-state index contributed by atoms with van der Waals surface area (Å²) in [5, 5.41) is 20.9. The minimum atomic E-state index is -0.696. The van der Waals surface area contributed by atoms with Gasteiger partial charge in [-0.1, -0.05) is 6.07 Å². The van der Waals surface area contributed by atoms with E-state index in [0.717, 1.165) is 6.54 Å². The molecule has 5 heteroatoms. The second-order valence-corrected chi connectivity index (χ2v) is 5.87. The Labute approximate surface area is 119 Å². The number of aliphatic hydroxyl groups excluding tert-OH is 1. The highest BCUT2D eigenvalue weighted by Crippen LogP contribution is 2.37. The fraction of sp³-hybridized carbons (Fsp3) is 0.600. The summed E-state index contributed by atoms with van der Waals surface area (Å²) in [6.45, 7) is 6.58. The third-order valence-electron chi connectivity index (χ3n) is 3.76. The van der Waals surface area contributed by atoms with Crippen LogP contribution in [0.1, 0.15) is 45.3 Å². The predicted octanol–water partition coefficient (Wildman–Crippen LogP) is 3.27. The Kier molecular flexibility index (Phi) is 4.28. The monoisotopic (exact) mass is 278 g/mol. The number of nitro benzene ring substituents is 1. The van der Waals surface area contributed by atoms with Gasteiger partial charge in [0.15, 0.2) is 0 Å². The summed E-state index contributed by atoms with van der Waals surface area (Å²) >= 11 is 0. The largest absolute Gasteiger partial charge is 0.389 e. The van der Waals surface area contributed by atoms with Crippen molar-refractivity contribution in [3.8, 4) is 0 Å². The van der Waals surface area contributed by atoms with Gasteiger partial charge < -0.3 is 10.0 Å². The Hall–Kier alpha value is -1.62. The van der Waals surface area contributed by atoms with Crippen LogP contribution < -0.4 is 4.90 Å². The number of nitro groups is 1. The number of aliphatic hydroxyl groups is 1. The van der Waals surface area contributed by atoms with E-state index in [9.17, 15) is 15.2 Å². The van der Waals surface area contributed by atoms with E-state index in [1.165, 1.54) is 18.9 Å². The lowest BCUT2D eigenvalue weighted by atomic mass is 10.1. The number of nitrogens with zero attached hydrogens (tertiary/aromatic N) is 2. The van der Waals surface area contributed by atoms with Crippen LogP contribution in [0.4, 0.5) is 11.4 Å². The van der Waals surface area contributed by atoms with Crippen LogP contribution in [0.15, 0.2) is 18.2 Å². The Balaban J connectivity index is 2.38. The molecule has 2 rings (SSSR count). The first kappa shape index (κ1) is 14.8. The Morgan fingerprint density at radius 2 is 2.05 bits per heavy atom. The molecule has 0 saturated heterocycles. The van der Waals surface area contributed by atoms with E-state index in [-0.39, 0.29) is 16.7 Å². The third kappa shape index (κ3) is 3.28. The summed E-state index contributed by atoms with van der Waals surface area (Å²) in [4.78, 5) is 13.1. The van der Waals surface area contributed by atoms with Gasteiger partial charge in [0.05, 0.1) is 11.0 Å². The van der Waals surface area contributed by atoms with Gasteiger partial charge in [-0.15, -0.1) is 0 Å². The van der Waals surface area contributed by atoms with Gasteiger partial charge in [0.25, 0.3) is 5.69 Å². The molecule has 0 spiro atoms. The Morgan fingerprint density at radius 1 is 1.40 bits per heavy atom. The van der Waals surface area contributed by atoms with E-state index in [2.05, 4.69) is 18.7 Å². The van der Waals surface area contributed by atoms with Gasteiger partial charge in [0, 0.05) is 18.7 Å². The van der Waals surface area contributed by atoms with Crippen LogP contribution in [0, 0.1) is 16.0 Å². The van der Waals surface area contributed by atoms with Crippen molar-refractivity contribution in [2.75, 3.05) is 11.4 Å². The standard InChI is InChI=1S/C15H22N2O3/c1-10(2)16(9-12-4-5-12)14-7-6-13(11(3)18)8-15(14)17(19)20/h6-8,10-12,18H,4-5,9H2,1-3H3/t11-/m1/s1. The first-order valence-corrected chi connectivity index (χ1v) is 7.13. The number of benzene rings is 1. The van der Waals surface area contributed by atoms with E-state index >= 15 is 0 Å². The van der Waals surface area contributed by atoms with Crippen molar-refractivity contribution in [1.29, 1.82) is 0 Å².